The first-order chi connectivity index (χ1) is 9.26. The maximum atomic E-state index is 5.66. The molecular formula is C17H28N2. The Labute approximate surface area is 118 Å². The second-order valence-corrected chi connectivity index (χ2v) is 5.73. The molecular weight excluding hydrogens is 232 g/mol. The van der Waals surface area contributed by atoms with Crippen LogP contribution in [-0.4, -0.2) is 19.1 Å². The van der Waals surface area contributed by atoms with Crippen LogP contribution in [-0.2, 0) is 6.42 Å². The summed E-state index contributed by atoms with van der Waals surface area (Å²) in [5.74, 6) is 0. The predicted molar refractivity (Wildman–Crippen MR) is 83.8 cm³/mol. The average molecular weight is 260 g/mol. The number of hydrogen-bond acceptors (Lipinski definition) is 2. The average Bonchev–Trinajstić information content (AvgIpc) is 2.44. The number of aryl methyl sites for hydroxylation is 1. The third-order valence-corrected chi connectivity index (χ3v) is 4.43. The summed E-state index contributed by atoms with van der Waals surface area (Å²) in [6, 6.07) is 7.65. The lowest BCUT2D eigenvalue weighted by Gasteiger charge is -2.35. The van der Waals surface area contributed by atoms with E-state index in [9.17, 15) is 0 Å². The highest BCUT2D eigenvalue weighted by atomic mass is 15.2. The van der Waals surface area contributed by atoms with Gasteiger partial charge >= 0.3 is 0 Å². The van der Waals surface area contributed by atoms with E-state index in [0.29, 0.717) is 0 Å². The van der Waals surface area contributed by atoms with Gasteiger partial charge in [0.25, 0.3) is 0 Å². The molecule has 0 heterocycles. The van der Waals surface area contributed by atoms with Gasteiger partial charge in [0.15, 0.2) is 0 Å². The highest BCUT2D eigenvalue weighted by Gasteiger charge is 2.20. The van der Waals surface area contributed by atoms with Gasteiger partial charge in [-0.1, -0.05) is 25.3 Å². The summed E-state index contributed by atoms with van der Waals surface area (Å²) in [4.78, 5) is 2.60. The summed E-state index contributed by atoms with van der Waals surface area (Å²) in [7, 11) is 0. The molecule has 0 bridgehead atoms. The van der Waals surface area contributed by atoms with Crippen molar-refractivity contribution in [1.29, 1.82) is 0 Å². The number of rotatable bonds is 5. The molecule has 1 aliphatic rings. The van der Waals surface area contributed by atoms with Crippen LogP contribution in [0.2, 0.25) is 0 Å². The minimum Gasteiger partial charge on any atom is -0.369 e. The van der Waals surface area contributed by atoms with Crippen molar-refractivity contribution in [3.05, 3.63) is 29.3 Å². The van der Waals surface area contributed by atoms with Crippen molar-refractivity contribution in [2.45, 2.75) is 58.4 Å². The van der Waals surface area contributed by atoms with Crippen LogP contribution in [0.15, 0.2) is 18.2 Å². The van der Waals surface area contributed by atoms with E-state index in [1.165, 1.54) is 48.9 Å². The van der Waals surface area contributed by atoms with Crippen LogP contribution in [0, 0.1) is 6.92 Å². The van der Waals surface area contributed by atoms with Crippen molar-refractivity contribution in [3.8, 4) is 0 Å². The molecule has 2 rings (SSSR count). The first-order valence-corrected chi connectivity index (χ1v) is 7.82. The standard InChI is InChI=1S/C17H28N2/c1-3-19(16-7-5-4-6-8-16)17-10-9-15(11-12-18)14(2)13-17/h9-10,13,16H,3-8,11-12,18H2,1-2H3. The third kappa shape index (κ3) is 3.50. The lowest BCUT2D eigenvalue weighted by Crippen LogP contribution is -2.36. The topological polar surface area (TPSA) is 29.3 Å². The predicted octanol–water partition coefficient (Wildman–Crippen LogP) is 3.66. The van der Waals surface area contributed by atoms with Crippen LogP contribution >= 0.6 is 0 Å². The van der Waals surface area contributed by atoms with Gasteiger partial charge in [0.1, 0.15) is 0 Å². The molecule has 1 aromatic rings. The summed E-state index contributed by atoms with van der Waals surface area (Å²) in [5.41, 5.74) is 9.84. The van der Waals surface area contributed by atoms with Crippen LogP contribution in [0.5, 0.6) is 0 Å². The molecule has 0 aliphatic heterocycles. The molecule has 2 heteroatoms. The molecule has 0 spiro atoms. The molecule has 0 atom stereocenters. The van der Waals surface area contributed by atoms with Crippen molar-refractivity contribution in [1.82, 2.24) is 0 Å². The Morgan fingerprint density at radius 1 is 1.21 bits per heavy atom. The molecule has 2 N–H and O–H groups in total. The van der Waals surface area contributed by atoms with Crippen molar-refractivity contribution in [2.24, 2.45) is 5.73 Å². The van der Waals surface area contributed by atoms with Gasteiger partial charge in [-0.05, 0) is 62.9 Å². The van der Waals surface area contributed by atoms with Crippen LogP contribution in [0.3, 0.4) is 0 Å². The Morgan fingerprint density at radius 2 is 1.95 bits per heavy atom. The van der Waals surface area contributed by atoms with Crippen molar-refractivity contribution < 1.29 is 0 Å². The number of anilines is 1. The molecule has 1 fully saturated rings. The molecule has 106 valence electrons. The van der Waals surface area contributed by atoms with Gasteiger partial charge in [-0.25, -0.2) is 0 Å². The van der Waals surface area contributed by atoms with Crippen LogP contribution in [0.25, 0.3) is 0 Å². The molecule has 1 aliphatic carbocycles. The summed E-state index contributed by atoms with van der Waals surface area (Å²) in [6.45, 7) is 6.33. The van der Waals surface area contributed by atoms with Crippen LogP contribution in [0.4, 0.5) is 5.69 Å². The van der Waals surface area contributed by atoms with Gasteiger partial charge in [-0.2, -0.15) is 0 Å². The molecule has 1 aromatic carbocycles. The number of hydrogen-bond donors (Lipinski definition) is 1. The van der Waals surface area contributed by atoms with E-state index < -0.39 is 0 Å². The molecule has 0 radical (unpaired) electrons. The molecule has 0 amide bonds. The third-order valence-electron chi connectivity index (χ3n) is 4.43. The van der Waals surface area contributed by atoms with Crippen LogP contribution in [0.1, 0.15) is 50.2 Å². The maximum absolute atomic E-state index is 5.66. The highest BCUT2D eigenvalue weighted by Crippen LogP contribution is 2.28. The first-order valence-electron chi connectivity index (χ1n) is 7.82. The van der Waals surface area contributed by atoms with E-state index in [1.807, 2.05) is 0 Å². The molecule has 19 heavy (non-hydrogen) atoms. The number of nitrogens with zero attached hydrogens (tertiary/aromatic N) is 1. The van der Waals surface area contributed by atoms with Crippen LogP contribution < -0.4 is 10.6 Å². The quantitative estimate of drug-likeness (QED) is 0.875. The van der Waals surface area contributed by atoms with E-state index in [4.69, 9.17) is 5.73 Å². The molecule has 2 nitrogen and oxygen atoms in total. The van der Waals surface area contributed by atoms with Crippen molar-refractivity contribution in [2.75, 3.05) is 18.0 Å². The minimum absolute atomic E-state index is 0.736. The normalized spacial score (nSPS) is 16.6. The minimum atomic E-state index is 0.736. The first kappa shape index (κ1) is 14.4. The van der Waals surface area contributed by atoms with Crippen molar-refractivity contribution >= 4 is 5.69 Å². The van der Waals surface area contributed by atoms with Gasteiger partial charge in [0.2, 0.25) is 0 Å². The molecule has 1 saturated carbocycles. The zero-order valence-electron chi connectivity index (χ0n) is 12.5. The zero-order valence-corrected chi connectivity index (χ0v) is 12.5. The Hall–Kier alpha value is -1.02. The molecule has 0 aromatic heterocycles. The largest absolute Gasteiger partial charge is 0.369 e. The Balaban J connectivity index is 2.15. The van der Waals surface area contributed by atoms with E-state index in [1.54, 1.807) is 0 Å². The van der Waals surface area contributed by atoms with E-state index in [2.05, 4.69) is 36.9 Å². The van der Waals surface area contributed by atoms with Crippen molar-refractivity contribution in [3.63, 3.8) is 0 Å². The van der Waals surface area contributed by atoms with Gasteiger partial charge in [-0.3, -0.25) is 0 Å². The number of nitrogens with two attached hydrogens (primary N) is 1. The summed E-state index contributed by atoms with van der Waals surface area (Å²) in [6.07, 6.45) is 7.91. The van der Waals surface area contributed by atoms with Gasteiger partial charge < -0.3 is 10.6 Å². The zero-order chi connectivity index (χ0) is 13.7. The second-order valence-electron chi connectivity index (χ2n) is 5.73. The molecule has 0 unspecified atom stereocenters. The molecule has 0 saturated heterocycles. The fourth-order valence-corrected chi connectivity index (χ4v) is 3.34. The monoisotopic (exact) mass is 260 g/mol. The van der Waals surface area contributed by atoms with Gasteiger partial charge in [-0.15, -0.1) is 0 Å². The van der Waals surface area contributed by atoms with Gasteiger partial charge in [0, 0.05) is 18.3 Å². The van der Waals surface area contributed by atoms with Gasteiger partial charge in [0.05, 0.1) is 0 Å². The summed E-state index contributed by atoms with van der Waals surface area (Å²) in [5, 5.41) is 0. The van der Waals surface area contributed by atoms with E-state index in [0.717, 1.165) is 25.6 Å². The highest BCUT2D eigenvalue weighted by molar-refractivity contribution is 5.51. The van der Waals surface area contributed by atoms with E-state index in [-0.39, 0.29) is 0 Å². The maximum Gasteiger partial charge on any atom is 0.0371 e. The summed E-state index contributed by atoms with van der Waals surface area (Å²) < 4.78 is 0. The smallest absolute Gasteiger partial charge is 0.0371 e. The number of benzene rings is 1. The Morgan fingerprint density at radius 3 is 2.53 bits per heavy atom. The van der Waals surface area contributed by atoms with E-state index >= 15 is 0 Å². The summed E-state index contributed by atoms with van der Waals surface area (Å²) >= 11 is 0. The Bertz CT molecular complexity index is 394. The lowest BCUT2D eigenvalue weighted by atomic mass is 9.93. The SMILES string of the molecule is CCN(c1ccc(CCN)c(C)c1)C1CCCCC1. The fourth-order valence-electron chi connectivity index (χ4n) is 3.34. The second kappa shape index (κ2) is 6.95. The fraction of sp³-hybridized carbons (Fsp3) is 0.647. The lowest BCUT2D eigenvalue weighted by molar-refractivity contribution is 0.418. The Kier molecular flexibility index (Phi) is 5.26.